The Balaban J connectivity index is 2.04. The Morgan fingerprint density at radius 3 is 2.39 bits per heavy atom. The lowest BCUT2D eigenvalue weighted by Gasteiger charge is -2.28. The first-order chi connectivity index (χ1) is 8.16. The molecule has 1 heterocycles. The molecule has 104 valence electrons. The Morgan fingerprint density at radius 1 is 1.39 bits per heavy atom. The summed E-state index contributed by atoms with van der Waals surface area (Å²) < 4.78 is 11.0. The van der Waals surface area contributed by atoms with Crippen molar-refractivity contribution in [1.29, 1.82) is 0 Å². The van der Waals surface area contributed by atoms with Crippen LogP contribution in [0.3, 0.4) is 0 Å². The molecule has 1 saturated heterocycles. The third-order valence-corrected chi connectivity index (χ3v) is 4.26. The molecule has 2 atom stereocenters. The van der Waals surface area contributed by atoms with Crippen LogP contribution in [0.5, 0.6) is 0 Å². The summed E-state index contributed by atoms with van der Waals surface area (Å²) in [6.07, 6.45) is 3.36. The Bertz CT molecular complexity index is 334. The molecule has 2 fully saturated rings. The highest BCUT2D eigenvalue weighted by molar-refractivity contribution is 5.82. The summed E-state index contributed by atoms with van der Waals surface area (Å²) in [5.41, 5.74) is -0.0868. The van der Waals surface area contributed by atoms with E-state index in [1.165, 1.54) is 0 Å². The Labute approximate surface area is 110 Å². The van der Waals surface area contributed by atoms with E-state index in [1.54, 1.807) is 0 Å². The van der Waals surface area contributed by atoms with Crippen LogP contribution in [0.4, 0.5) is 0 Å². The zero-order valence-corrected chi connectivity index (χ0v) is 12.3. The van der Waals surface area contributed by atoms with Crippen LogP contribution in [0.2, 0.25) is 0 Å². The van der Waals surface area contributed by atoms with Gasteiger partial charge in [0.05, 0.1) is 12.0 Å². The van der Waals surface area contributed by atoms with Crippen molar-refractivity contribution in [3.8, 4) is 0 Å². The van der Waals surface area contributed by atoms with Gasteiger partial charge in [0.25, 0.3) is 0 Å². The Morgan fingerprint density at radius 2 is 2.00 bits per heavy atom. The molecule has 2 aliphatic rings. The molecular weight excluding hydrogens is 228 g/mol. The van der Waals surface area contributed by atoms with Crippen molar-refractivity contribution in [2.75, 3.05) is 6.61 Å². The van der Waals surface area contributed by atoms with Crippen molar-refractivity contribution in [3.05, 3.63) is 0 Å². The van der Waals surface area contributed by atoms with E-state index in [0.29, 0.717) is 6.61 Å². The average Bonchev–Trinajstić information content (AvgIpc) is 2.62. The number of ether oxygens (including phenoxy) is 2. The number of carbonyl (C=O) groups excluding carboxylic acids is 1. The molecule has 0 aromatic heterocycles. The van der Waals surface area contributed by atoms with Crippen LogP contribution in [-0.2, 0) is 14.3 Å². The van der Waals surface area contributed by atoms with Crippen molar-refractivity contribution in [2.45, 2.75) is 66.6 Å². The predicted octanol–water partition coefficient (Wildman–Crippen LogP) is 3.52. The quantitative estimate of drug-likeness (QED) is 0.723. The maximum atomic E-state index is 12.5. The van der Waals surface area contributed by atoms with E-state index in [0.717, 1.165) is 25.7 Å². The summed E-state index contributed by atoms with van der Waals surface area (Å²) in [6.45, 7) is 11.6. The Hall–Kier alpha value is -0.570. The first kappa shape index (κ1) is 13.9. The van der Waals surface area contributed by atoms with Crippen LogP contribution >= 0.6 is 0 Å². The highest BCUT2D eigenvalue weighted by Crippen LogP contribution is 2.68. The molecular formula is C15H26O3. The number of esters is 1. The molecule has 1 aliphatic carbocycles. The molecule has 0 spiro atoms. The van der Waals surface area contributed by atoms with Gasteiger partial charge < -0.3 is 9.47 Å². The normalized spacial score (nSPS) is 34.4. The minimum absolute atomic E-state index is 0.0469. The summed E-state index contributed by atoms with van der Waals surface area (Å²) >= 11 is 0. The molecule has 3 nitrogen and oxygen atoms in total. The van der Waals surface area contributed by atoms with Gasteiger partial charge in [-0.25, -0.2) is 0 Å². The summed E-state index contributed by atoms with van der Waals surface area (Å²) in [7, 11) is 0. The van der Waals surface area contributed by atoms with E-state index in [2.05, 4.69) is 34.6 Å². The van der Waals surface area contributed by atoms with E-state index in [9.17, 15) is 4.79 Å². The fourth-order valence-corrected chi connectivity index (χ4v) is 3.21. The van der Waals surface area contributed by atoms with Gasteiger partial charge in [-0.1, -0.05) is 34.6 Å². The van der Waals surface area contributed by atoms with Crippen molar-refractivity contribution in [1.82, 2.24) is 0 Å². The minimum Gasteiger partial charge on any atom is -0.435 e. The van der Waals surface area contributed by atoms with Crippen LogP contribution in [0.1, 0.15) is 60.3 Å². The van der Waals surface area contributed by atoms with Crippen LogP contribution < -0.4 is 0 Å². The number of hydrogen-bond acceptors (Lipinski definition) is 3. The van der Waals surface area contributed by atoms with Gasteiger partial charge >= 0.3 is 5.97 Å². The zero-order valence-electron chi connectivity index (χ0n) is 12.3. The van der Waals surface area contributed by atoms with Crippen LogP contribution in [-0.4, -0.2) is 18.9 Å². The van der Waals surface area contributed by atoms with E-state index in [1.807, 2.05) is 0 Å². The summed E-state index contributed by atoms with van der Waals surface area (Å²) in [5, 5.41) is 0. The van der Waals surface area contributed by atoms with Gasteiger partial charge in [0.1, 0.15) is 0 Å². The highest BCUT2D eigenvalue weighted by Gasteiger charge is 2.68. The molecule has 0 radical (unpaired) electrons. The second kappa shape index (κ2) is 4.22. The van der Waals surface area contributed by atoms with Crippen LogP contribution in [0.25, 0.3) is 0 Å². The number of hydrogen-bond donors (Lipinski definition) is 0. The van der Waals surface area contributed by atoms with Gasteiger partial charge in [0, 0.05) is 6.42 Å². The minimum atomic E-state index is -0.300. The number of carbonyl (C=O) groups is 1. The first-order valence-electron chi connectivity index (χ1n) is 6.99. The van der Waals surface area contributed by atoms with E-state index in [-0.39, 0.29) is 28.5 Å². The molecule has 0 aromatic carbocycles. The summed E-state index contributed by atoms with van der Waals surface area (Å²) in [4.78, 5) is 12.5. The molecule has 1 saturated carbocycles. The lowest BCUT2D eigenvalue weighted by molar-refractivity contribution is -0.179. The van der Waals surface area contributed by atoms with Gasteiger partial charge in [-0.3, -0.25) is 4.79 Å². The van der Waals surface area contributed by atoms with Crippen molar-refractivity contribution >= 4 is 5.97 Å². The second-order valence-electron chi connectivity index (χ2n) is 7.73. The monoisotopic (exact) mass is 254 g/mol. The second-order valence-corrected chi connectivity index (χ2v) is 7.73. The Kier molecular flexibility index (Phi) is 3.25. The molecule has 3 heteroatoms. The highest BCUT2D eigenvalue weighted by atomic mass is 16.7. The molecule has 2 rings (SSSR count). The van der Waals surface area contributed by atoms with Gasteiger partial charge in [-0.05, 0) is 30.1 Å². The molecule has 0 amide bonds. The van der Waals surface area contributed by atoms with E-state index < -0.39 is 0 Å². The fourth-order valence-electron chi connectivity index (χ4n) is 3.21. The third-order valence-electron chi connectivity index (χ3n) is 4.26. The van der Waals surface area contributed by atoms with Crippen LogP contribution in [0, 0.1) is 16.2 Å². The van der Waals surface area contributed by atoms with Crippen molar-refractivity contribution < 1.29 is 14.3 Å². The lowest BCUT2D eigenvalue weighted by atomic mass is 9.79. The van der Waals surface area contributed by atoms with Gasteiger partial charge in [0.2, 0.25) is 6.29 Å². The van der Waals surface area contributed by atoms with Gasteiger partial charge in [0.15, 0.2) is 0 Å². The average molecular weight is 254 g/mol. The van der Waals surface area contributed by atoms with E-state index in [4.69, 9.17) is 9.47 Å². The maximum Gasteiger partial charge on any atom is 0.314 e. The fraction of sp³-hybridized carbons (Fsp3) is 0.933. The first-order valence-corrected chi connectivity index (χ1v) is 6.99. The molecule has 0 aromatic rings. The van der Waals surface area contributed by atoms with Crippen molar-refractivity contribution in [3.63, 3.8) is 0 Å². The largest absolute Gasteiger partial charge is 0.435 e. The summed E-state index contributed by atoms with van der Waals surface area (Å²) in [5.74, 6) is -0.0469. The molecule has 2 unspecified atom stereocenters. The molecule has 0 bridgehead atoms. The lowest BCUT2D eigenvalue weighted by Crippen LogP contribution is -2.31. The van der Waals surface area contributed by atoms with E-state index >= 15 is 0 Å². The topological polar surface area (TPSA) is 35.5 Å². The maximum absolute atomic E-state index is 12.5. The molecule has 18 heavy (non-hydrogen) atoms. The standard InChI is InChI=1S/C15H26O3/c1-13(2,3)9-15(10-14(15,4)5)12(16)18-11-7-6-8-17-11/h11H,6-10H2,1-5H3. The summed E-state index contributed by atoms with van der Waals surface area (Å²) in [6, 6.07) is 0. The van der Waals surface area contributed by atoms with Crippen LogP contribution in [0.15, 0.2) is 0 Å². The van der Waals surface area contributed by atoms with Crippen molar-refractivity contribution in [2.24, 2.45) is 16.2 Å². The number of rotatable bonds is 3. The third kappa shape index (κ3) is 2.56. The zero-order chi connectivity index (χ0) is 13.6. The smallest absolute Gasteiger partial charge is 0.314 e. The molecule has 1 aliphatic heterocycles. The van der Waals surface area contributed by atoms with Gasteiger partial charge in [-0.2, -0.15) is 0 Å². The molecule has 0 N–H and O–H groups in total. The predicted molar refractivity (Wildman–Crippen MR) is 70.0 cm³/mol. The van der Waals surface area contributed by atoms with Gasteiger partial charge in [-0.15, -0.1) is 0 Å². The SMILES string of the molecule is CC(C)(C)CC1(C(=O)OC2CCCO2)CC1(C)C.